The van der Waals surface area contributed by atoms with Crippen LogP contribution in [-0.2, 0) is 19.1 Å². The summed E-state index contributed by atoms with van der Waals surface area (Å²) < 4.78 is 9.68. The number of esters is 2. The molecule has 0 bridgehead atoms. The van der Waals surface area contributed by atoms with E-state index in [1.165, 1.54) is 12.2 Å². The van der Waals surface area contributed by atoms with Crippen molar-refractivity contribution in [2.24, 2.45) is 0 Å². The molecule has 0 fully saturated rings. The molecule has 0 amide bonds. The van der Waals surface area contributed by atoms with Crippen LogP contribution in [0.25, 0.3) is 0 Å². The second-order valence-corrected chi connectivity index (χ2v) is 3.94. The van der Waals surface area contributed by atoms with Crippen molar-refractivity contribution in [3.05, 3.63) is 12.2 Å². The highest BCUT2D eigenvalue weighted by atomic mass is 16.6. The Balaban J connectivity index is 3.87. The third kappa shape index (κ3) is 9.00. The first kappa shape index (κ1) is 13.7. The lowest BCUT2D eigenvalue weighted by Gasteiger charge is -2.17. The van der Waals surface area contributed by atoms with Crippen LogP contribution in [0.15, 0.2) is 12.2 Å². The van der Waals surface area contributed by atoms with E-state index in [9.17, 15) is 9.59 Å². The number of rotatable bonds is 4. The predicted octanol–water partition coefficient (Wildman–Crippen LogP) is 1.84. The lowest BCUT2D eigenvalue weighted by Crippen LogP contribution is -2.22. The molecule has 0 aliphatic heterocycles. The van der Waals surface area contributed by atoms with E-state index < -0.39 is 11.6 Å². The van der Waals surface area contributed by atoms with Crippen molar-refractivity contribution in [1.29, 1.82) is 0 Å². The fourth-order valence-corrected chi connectivity index (χ4v) is 0.807. The minimum absolute atomic E-state index is 0.0904. The van der Waals surface area contributed by atoms with Crippen LogP contribution in [0.1, 0.15) is 34.1 Å². The highest BCUT2D eigenvalue weighted by Crippen LogP contribution is 2.07. The van der Waals surface area contributed by atoms with Gasteiger partial charge in [-0.15, -0.1) is 0 Å². The van der Waals surface area contributed by atoms with E-state index in [0.717, 1.165) is 0 Å². The van der Waals surface area contributed by atoms with Gasteiger partial charge in [0, 0.05) is 6.08 Å². The molecule has 0 aromatic carbocycles. The van der Waals surface area contributed by atoms with Crippen LogP contribution in [0.5, 0.6) is 0 Å². The normalized spacial score (nSPS) is 11.5. The van der Waals surface area contributed by atoms with Crippen LogP contribution in [0.4, 0.5) is 0 Å². The zero-order valence-corrected chi connectivity index (χ0v) is 9.70. The van der Waals surface area contributed by atoms with Gasteiger partial charge in [-0.3, -0.25) is 4.79 Å². The SMILES string of the molecule is CCOC(=O)C/C=C/C(=O)OC(C)(C)C. The Kier molecular flexibility index (Phi) is 5.67. The molecule has 4 heteroatoms. The third-order valence-corrected chi connectivity index (χ3v) is 1.25. The smallest absolute Gasteiger partial charge is 0.330 e. The zero-order chi connectivity index (χ0) is 11.9. The minimum atomic E-state index is -0.509. The average Bonchev–Trinajstić information content (AvgIpc) is 2.00. The summed E-state index contributed by atoms with van der Waals surface area (Å²) in [6.07, 6.45) is 2.77. The molecule has 0 heterocycles. The molecule has 0 aliphatic rings. The first-order valence-corrected chi connectivity index (χ1v) is 4.90. The van der Waals surface area contributed by atoms with E-state index in [-0.39, 0.29) is 12.4 Å². The Hall–Kier alpha value is -1.32. The van der Waals surface area contributed by atoms with Gasteiger partial charge in [0.2, 0.25) is 0 Å². The lowest BCUT2D eigenvalue weighted by atomic mass is 10.2. The lowest BCUT2D eigenvalue weighted by molar-refractivity contribution is -0.148. The largest absolute Gasteiger partial charge is 0.466 e. The molecule has 0 unspecified atom stereocenters. The molecule has 0 aromatic heterocycles. The summed E-state index contributed by atoms with van der Waals surface area (Å²) in [5.74, 6) is -0.802. The van der Waals surface area contributed by atoms with Crippen LogP contribution >= 0.6 is 0 Å². The molecule has 0 aromatic rings. The summed E-state index contributed by atoms with van der Waals surface area (Å²) in [4.78, 5) is 22.0. The summed E-state index contributed by atoms with van der Waals surface area (Å²) in [6.45, 7) is 7.42. The molecule has 4 nitrogen and oxygen atoms in total. The number of carbonyl (C=O) groups is 2. The molecular formula is C11H18O4. The van der Waals surface area contributed by atoms with Crippen molar-refractivity contribution >= 4 is 11.9 Å². The summed E-state index contributed by atoms with van der Waals surface area (Å²) >= 11 is 0. The van der Waals surface area contributed by atoms with Gasteiger partial charge < -0.3 is 9.47 Å². The maximum Gasteiger partial charge on any atom is 0.330 e. The molecule has 0 saturated heterocycles. The van der Waals surface area contributed by atoms with Crippen LogP contribution < -0.4 is 0 Å². The Bertz CT molecular complexity index is 248. The van der Waals surface area contributed by atoms with Gasteiger partial charge in [0.15, 0.2) is 0 Å². The Morgan fingerprint density at radius 1 is 1.27 bits per heavy atom. The maximum absolute atomic E-state index is 11.1. The maximum atomic E-state index is 11.1. The monoisotopic (exact) mass is 214 g/mol. The number of ether oxygens (including phenoxy) is 2. The van der Waals surface area contributed by atoms with Gasteiger partial charge in [-0.1, -0.05) is 6.08 Å². The van der Waals surface area contributed by atoms with Gasteiger partial charge in [0.05, 0.1) is 13.0 Å². The standard InChI is InChI=1S/C11H18O4/c1-5-14-9(12)7-6-8-10(13)15-11(2,3)4/h6,8H,5,7H2,1-4H3/b8-6+. The van der Waals surface area contributed by atoms with Crippen molar-refractivity contribution in [2.45, 2.75) is 39.7 Å². The molecule has 0 spiro atoms. The van der Waals surface area contributed by atoms with E-state index in [4.69, 9.17) is 4.74 Å². The summed E-state index contributed by atoms with van der Waals surface area (Å²) in [5.41, 5.74) is -0.509. The van der Waals surface area contributed by atoms with Crippen molar-refractivity contribution in [2.75, 3.05) is 6.61 Å². The van der Waals surface area contributed by atoms with Gasteiger partial charge in [-0.2, -0.15) is 0 Å². The molecule has 0 N–H and O–H groups in total. The quantitative estimate of drug-likeness (QED) is 0.529. The highest BCUT2D eigenvalue weighted by molar-refractivity contribution is 5.83. The molecule has 86 valence electrons. The Morgan fingerprint density at radius 3 is 2.33 bits per heavy atom. The van der Waals surface area contributed by atoms with E-state index in [2.05, 4.69) is 4.74 Å². The van der Waals surface area contributed by atoms with Gasteiger partial charge >= 0.3 is 11.9 Å². The van der Waals surface area contributed by atoms with Gasteiger partial charge in [-0.05, 0) is 27.7 Å². The van der Waals surface area contributed by atoms with Crippen LogP contribution in [-0.4, -0.2) is 24.1 Å². The van der Waals surface area contributed by atoms with Crippen molar-refractivity contribution < 1.29 is 19.1 Å². The van der Waals surface area contributed by atoms with Gasteiger partial charge in [-0.25, -0.2) is 4.79 Å². The van der Waals surface area contributed by atoms with Gasteiger partial charge in [0.25, 0.3) is 0 Å². The van der Waals surface area contributed by atoms with E-state index >= 15 is 0 Å². The Morgan fingerprint density at radius 2 is 1.87 bits per heavy atom. The van der Waals surface area contributed by atoms with Crippen LogP contribution in [0.2, 0.25) is 0 Å². The fraction of sp³-hybridized carbons (Fsp3) is 0.636. The molecule has 15 heavy (non-hydrogen) atoms. The molecule has 0 saturated carbocycles. The summed E-state index contributed by atoms with van der Waals surface area (Å²) in [5, 5.41) is 0. The zero-order valence-electron chi connectivity index (χ0n) is 9.70. The van der Waals surface area contributed by atoms with E-state index in [1.807, 2.05) is 0 Å². The molecule has 0 radical (unpaired) electrons. The molecule has 0 rings (SSSR count). The molecule has 0 atom stereocenters. The second kappa shape index (κ2) is 6.22. The van der Waals surface area contributed by atoms with Crippen LogP contribution in [0.3, 0.4) is 0 Å². The topological polar surface area (TPSA) is 52.6 Å². The first-order chi connectivity index (χ1) is 6.85. The summed E-state index contributed by atoms with van der Waals surface area (Å²) in [7, 11) is 0. The van der Waals surface area contributed by atoms with Crippen molar-refractivity contribution in [1.82, 2.24) is 0 Å². The van der Waals surface area contributed by atoms with E-state index in [1.54, 1.807) is 27.7 Å². The summed E-state index contributed by atoms with van der Waals surface area (Å²) in [6, 6.07) is 0. The number of hydrogen-bond donors (Lipinski definition) is 0. The van der Waals surface area contributed by atoms with Crippen LogP contribution in [0, 0.1) is 0 Å². The highest BCUT2D eigenvalue weighted by Gasteiger charge is 2.13. The first-order valence-electron chi connectivity index (χ1n) is 4.90. The third-order valence-electron chi connectivity index (χ3n) is 1.25. The second-order valence-electron chi connectivity index (χ2n) is 3.94. The minimum Gasteiger partial charge on any atom is -0.466 e. The van der Waals surface area contributed by atoms with Crippen molar-refractivity contribution in [3.8, 4) is 0 Å². The van der Waals surface area contributed by atoms with Gasteiger partial charge in [0.1, 0.15) is 5.60 Å². The molecular weight excluding hydrogens is 196 g/mol. The van der Waals surface area contributed by atoms with E-state index in [0.29, 0.717) is 6.61 Å². The average molecular weight is 214 g/mol. The predicted molar refractivity (Wildman–Crippen MR) is 56.2 cm³/mol. The van der Waals surface area contributed by atoms with Crippen molar-refractivity contribution in [3.63, 3.8) is 0 Å². The fourth-order valence-electron chi connectivity index (χ4n) is 0.807. The number of hydrogen-bond acceptors (Lipinski definition) is 4. The number of carbonyl (C=O) groups excluding carboxylic acids is 2. The Labute approximate surface area is 90.2 Å². The molecule has 0 aliphatic carbocycles.